The van der Waals surface area contributed by atoms with Gasteiger partial charge in [-0.05, 0) is 6.42 Å². The van der Waals surface area contributed by atoms with Crippen molar-refractivity contribution in [2.75, 3.05) is 13.7 Å². The summed E-state index contributed by atoms with van der Waals surface area (Å²) < 4.78 is 1.85. The van der Waals surface area contributed by atoms with Crippen molar-refractivity contribution in [1.82, 2.24) is 4.73 Å². The van der Waals surface area contributed by atoms with Gasteiger partial charge in [0.2, 0.25) is 0 Å². The zero-order chi connectivity index (χ0) is 5.70. The molecule has 0 fully saturated rings. The van der Waals surface area contributed by atoms with E-state index in [2.05, 4.69) is 6.92 Å². The van der Waals surface area contributed by atoms with E-state index in [0.717, 1.165) is 23.4 Å². The summed E-state index contributed by atoms with van der Waals surface area (Å²) in [5.41, 5.74) is 0. The molecule has 3 heteroatoms. The molecule has 7 heavy (non-hydrogen) atoms. The summed E-state index contributed by atoms with van der Waals surface area (Å²) in [7, 11) is 2.94. The summed E-state index contributed by atoms with van der Waals surface area (Å²) in [4.78, 5) is 5.09. The molecule has 0 rings (SSSR count). The number of hydrogen-bond acceptors (Lipinski definition) is 2. The van der Waals surface area contributed by atoms with Crippen LogP contribution >= 0.6 is 0 Å². The van der Waals surface area contributed by atoms with Gasteiger partial charge in [-0.15, -0.1) is 0 Å². The molecule has 0 radical (unpaired) electrons. The van der Waals surface area contributed by atoms with Crippen LogP contribution in [0, 0.1) is 0 Å². The van der Waals surface area contributed by atoms with Crippen LogP contribution in [0.2, 0.25) is 0 Å². The molecule has 0 aromatic carbocycles. The molecule has 0 saturated heterocycles. The van der Waals surface area contributed by atoms with Crippen molar-refractivity contribution in [3.05, 3.63) is 0 Å². The molecular formula is C4H13NOSi. The van der Waals surface area contributed by atoms with Gasteiger partial charge < -0.3 is 4.84 Å². The first kappa shape index (κ1) is 7.14. The third-order valence-electron chi connectivity index (χ3n) is 0.554. The third-order valence-corrected chi connectivity index (χ3v) is 0.812. The van der Waals surface area contributed by atoms with Crippen LogP contribution in [-0.4, -0.2) is 28.8 Å². The number of rotatable bonds is 3. The highest BCUT2D eigenvalue weighted by atomic mass is 28.2. The van der Waals surface area contributed by atoms with Crippen molar-refractivity contribution >= 4 is 10.4 Å². The van der Waals surface area contributed by atoms with Crippen LogP contribution in [0.15, 0.2) is 0 Å². The van der Waals surface area contributed by atoms with Gasteiger partial charge in [0, 0.05) is 7.05 Å². The molecule has 0 unspecified atom stereocenters. The third kappa shape index (κ3) is 6.14. The first-order valence-electron chi connectivity index (χ1n) is 2.57. The van der Waals surface area contributed by atoms with Gasteiger partial charge in [0.1, 0.15) is 10.4 Å². The average Bonchev–Trinajstić information content (AvgIpc) is 1.61. The summed E-state index contributed by atoms with van der Waals surface area (Å²) in [6.45, 7) is 2.96. The van der Waals surface area contributed by atoms with Gasteiger partial charge in [-0.3, -0.25) is 0 Å². The van der Waals surface area contributed by atoms with Crippen molar-refractivity contribution in [1.29, 1.82) is 0 Å². The number of hydrogen-bond donors (Lipinski definition) is 0. The van der Waals surface area contributed by atoms with E-state index in [1.165, 1.54) is 0 Å². The molecule has 0 aromatic rings. The lowest BCUT2D eigenvalue weighted by Crippen LogP contribution is -2.14. The van der Waals surface area contributed by atoms with Gasteiger partial charge in [0.05, 0.1) is 6.61 Å². The second-order valence-electron chi connectivity index (χ2n) is 1.65. The van der Waals surface area contributed by atoms with Gasteiger partial charge in [0.25, 0.3) is 0 Å². The minimum absolute atomic E-state index is 0.861. The van der Waals surface area contributed by atoms with E-state index in [0.29, 0.717) is 0 Å². The molecular weight excluding hydrogens is 106 g/mol. The van der Waals surface area contributed by atoms with Crippen LogP contribution < -0.4 is 0 Å². The van der Waals surface area contributed by atoms with Crippen LogP contribution in [0.4, 0.5) is 0 Å². The molecule has 0 spiro atoms. The van der Waals surface area contributed by atoms with E-state index in [1.807, 2.05) is 11.8 Å². The lowest BCUT2D eigenvalue weighted by molar-refractivity contribution is -0.0643. The molecule has 0 heterocycles. The summed E-state index contributed by atoms with van der Waals surface area (Å²) in [6.07, 6.45) is 1.10. The highest BCUT2D eigenvalue weighted by Crippen LogP contribution is 1.79. The van der Waals surface area contributed by atoms with Crippen molar-refractivity contribution in [2.24, 2.45) is 0 Å². The van der Waals surface area contributed by atoms with Crippen LogP contribution in [0.25, 0.3) is 0 Å². The van der Waals surface area contributed by atoms with E-state index in [1.54, 1.807) is 0 Å². The van der Waals surface area contributed by atoms with Crippen LogP contribution in [-0.2, 0) is 4.84 Å². The SMILES string of the molecule is CCCON(C)[SiH3]. The Balaban J connectivity index is 2.68. The van der Waals surface area contributed by atoms with Gasteiger partial charge >= 0.3 is 0 Å². The predicted molar refractivity (Wildman–Crippen MR) is 33.9 cm³/mol. The molecule has 0 saturated carbocycles. The van der Waals surface area contributed by atoms with Crippen LogP contribution in [0.5, 0.6) is 0 Å². The average molecular weight is 119 g/mol. The molecule has 2 nitrogen and oxygen atoms in total. The molecule has 0 aliphatic heterocycles. The lowest BCUT2D eigenvalue weighted by Gasteiger charge is -2.07. The number of hydroxylamine groups is 1. The van der Waals surface area contributed by atoms with Crippen molar-refractivity contribution < 1.29 is 4.84 Å². The quantitative estimate of drug-likeness (QED) is 0.368. The Morgan fingerprint density at radius 2 is 2.29 bits per heavy atom. The molecule has 0 aliphatic rings. The fraction of sp³-hybridized carbons (Fsp3) is 1.00. The smallest absolute Gasteiger partial charge is 0.113 e. The normalized spacial score (nSPS) is 10.7. The van der Waals surface area contributed by atoms with Gasteiger partial charge in [0.15, 0.2) is 0 Å². The molecule has 0 aromatic heterocycles. The second-order valence-corrected chi connectivity index (χ2v) is 2.91. The molecule has 0 atom stereocenters. The Kier molecular flexibility index (Phi) is 4.38. The van der Waals surface area contributed by atoms with Gasteiger partial charge in [-0.2, -0.15) is 0 Å². The van der Waals surface area contributed by atoms with Gasteiger partial charge in [-0.25, -0.2) is 4.73 Å². The minimum Gasteiger partial charge on any atom is -0.307 e. The van der Waals surface area contributed by atoms with Crippen molar-refractivity contribution in [2.45, 2.75) is 13.3 Å². The van der Waals surface area contributed by atoms with E-state index < -0.39 is 0 Å². The first-order valence-corrected chi connectivity index (χ1v) is 3.47. The lowest BCUT2D eigenvalue weighted by atomic mass is 10.5. The molecule has 0 bridgehead atoms. The fourth-order valence-electron chi connectivity index (χ4n) is 0.274. The zero-order valence-corrected chi connectivity index (χ0v) is 7.27. The molecule has 0 N–H and O–H groups in total. The van der Waals surface area contributed by atoms with E-state index in [4.69, 9.17) is 4.84 Å². The predicted octanol–water partition coefficient (Wildman–Crippen LogP) is -0.460. The molecule has 44 valence electrons. The summed E-state index contributed by atoms with van der Waals surface area (Å²) in [5, 5.41) is 0. The van der Waals surface area contributed by atoms with Crippen molar-refractivity contribution in [3.63, 3.8) is 0 Å². The fourth-order valence-corrected chi connectivity index (χ4v) is 0.456. The summed E-state index contributed by atoms with van der Waals surface area (Å²) in [5.74, 6) is 0. The standard InChI is InChI=1S/C4H13NOSi/c1-3-4-6-5(2)7/h3-4H2,1-2,7H3. The van der Waals surface area contributed by atoms with Crippen LogP contribution in [0.1, 0.15) is 13.3 Å². The largest absolute Gasteiger partial charge is 0.307 e. The van der Waals surface area contributed by atoms with Gasteiger partial charge in [-0.1, -0.05) is 6.92 Å². The first-order chi connectivity index (χ1) is 3.27. The van der Waals surface area contributed by atoms with E-state index in [-0.39, 0.29) is 0 Å². The summed E-state index contributed by atoms with van der Waals surface area (Å²) in [6, 6.07) is 0. The van der Waals surface area contributed by atoms with Crippen molar-refractivity contribution in [3.8, 4) is 0 Å². The van der Waals surface area contributed by atoms with Crippen LogP contribution in [0.3, 0.4) is 0 Å². The zero-order valence-electron chi connectivity index (χ0n) is 5.27. The maximum absolute atomic E-state index is 5.09. The maximum atomic E-state index is 5.09. The highest BCUT2D eigenvalue weighted by molar-refractivity contribution is 6.03. The Labute approximate surface area is 47.9 Å². The summed E-state index contributed by atoms with van der Waals surface area (Å²) >= 11 is 0. The second kappa shape index (κ2) is 4.30. The monoisotopic (exact) mass is 119 g/mol. The Bertz CT molecular complexity index is 40.7. The maximum Gasteiger partial charge on any atom is 0.113 e. The highest BCUT2D eigenvalue weighted by Gasteiger charge is 1.82. The Morgan fingerprint density at radius 1 is 1.71 bits per heavy atom. The van der Waals surface area contributed by atoms with E-state index in [9.17, 15) is 0 Å². The Hall–Kier alpha value is 0.137. The molecule has 0 amide bonds. The minimum atomic E-state index is 0.861. The number of nitrogens with zero attached hydrogens (tertiary/aromatic N) is 1. The topological polar surface area (TPSA) is 12.5 Å². The molecule has 0 aliphatic carbocycles. The van der Waals surface area contributed by atoms with E-state index >= 15 is 0 Å². The Morgan fingerprint density at radius 3 is 2.43 bits per heavy atom.